The number of hydrogen-bond donors (Lipinski definition) is 1. The van der Waals surface area contributed by atoms with Crippen LogP contribution in [0.25, 0.3) is 22.0 Å². The Morgan fingerprint density at radius 3 is 2.86 bits per heavy atom. The number of fused-ring (bicyclic) bond motifs is 2. The van der Waals surface area contributed by atoms with Crippen molar-refractivity contribution in [3.8, 4) is 0 Å². The Bertz CT molecular complexity index is 1280. The molecule has 0 radical (unpaired) electrons. The van der Waals surface area contributed by atoms with Crippen LogP contribution in [0.5, 0.6) is 0 Å². The molecule has 1 N–H and O–H groups in total. The summed E-state index contributed by atoms with van der Waals surface area (Å²) >= 11 is 0. The van der Waals surface area contributed by atoms with Crippen molar-refractivity contribution in [1.29, 1.82) is 0 Å². The van der Waals surface area contributed by atoms with Crippen molar-refractivity contribution in [3.05, 3.63) is 70.6 Å². The average molecular weight is 394 g/mol. The summed E-state index contributed by atoms with van der Waals surface area (Å²) in [6.45, 7) is 1.11. The number of carbonyl (C=O) groups is 1. The number of nitrogens with zero attached hydrogens (tertiary/aromatic N) is 3. The van der Waals surface area contributed by atoms with E-state index < -0.39 is 17.5 Å². The molecular formula is C21H19FN4O3. The Morgan fingerprint density at radius 1 is 1.24 bits per heavy atom. The van der Waals surface area contributed by atoms with E-state index >= 15 is 0 Å². The Balaban J connectivity index is 1.69. The van der Waals surface area contributed by atoms with Gasteiger partial charge in [-0.05, 0) is 50.5 Å². The zero-order valence-electron chi connectivity index (χ0n) is 16.0. The molecule has 2 heterocycles. The van der Waals surface area contributed by atoms with E-state index in [9.17, 15) is 14.0 Å². The molecule has 0 aliphatic rings. The van der Waals surface area contributed by atoms with Crippen LogP contribution in [-0.4, -0.2) is 41.0 Å². The molecule has 0 saturated heterocycles. The Morgan fingerprint density at radius 2 is 2.07 bits per heavy atom. The number of oxazole rings is 1. The van der Waals surface area contributed by atoms with E-state index in [-0.39, 0.29) is 5.56 Å². The largest absolute Gasteiger partial charge is 0.419 e. The fraction of sp³-hybridized carbons (Fsp3) is 0.190. The summed E-state index contributed by atoms with van der Waals surface area (Å²) in [5.74, 6) is -1.46. The molecule has 2 aromatic carbocycles. The SMILES string of the molecule is CN(C)CCn1c(=O)oc2ccc(NC(=O)c3cc(F)cc4cccnc34)cc21. The fourth-order valence-electron chi connectivity index (χ4n) is 3.18. The predicted octanol–water partition coefficient (Wildman–Crippen LogP) is 3.10. The fourth-order valence-corrected chi connectivity index (χ4v) is 3.18. The number of carbonyl (C=O) groups excluding carboxylic acids is 1. The van der Waals surface area contributed by atoms with Gasteiger partial charge in [0.1, 0.15) is 5.82 Å². The molecule has 0 aliphatic heterocycles. The van der Waals surface area contributed by atoms with Gasteiger partial charge in [-0.15, -0.1) is 0 Å². The second-order valence-electron chi connectivity index (χ2n) is 6.99. The normalized spacial score (nSPS) is 11.4. The van der Waals surface area contributed by atoms with Crippen molar-refractivity contribution in [2.24, 2.45) is 0 Å². The number of amides is 1. The first-order valence-electron chi connectivity index (χ1n) is 9.06. The van der Waals surface area contributed by atoms with Crippen LogP contribution >= 0.6 is 0 Å². The van der Waals surface area contributed by atoms with Crippen LogP contribution in [0, 0.1) is 5.82 Å². The van der Waals surface area contributed by atoms with Gasteiger partial charge in [0.25, 0.3) is 5.91 Å². The minimum Gasteiger partial charge on any atom is -0.408 e. The molecule has 0 spiro atoms. The van der Waals surface area contributed by atoms with Crippen molar-refractivity contribution in [2.75, 3.05) is 26.0 Å². The topological polar surface area (TPSA) is 80.4 Å². The summed E-state index contributed by atoms with van der Waals surface area (Å²) < 4.78 is 20.7. The van der Waals surface area contributed by atoms with Crippen molar-refractivity contribution in [1.82, 2.24) is 14.5 Å². The molecule has 0 aliphatic carbocycles. The lowest BCUT2D eigenvalue weighted by Gasteiger charge is -2.10. The first kappa shape index (κ1) is 18.8. The number of pyridine rings is 1. The third kappa shape index (κ3) is 3.74. The van der Waals surface area contributed by atoms with Gasteiger partial charge in [-0.25, -0.2) is 9.18 Å². The second-order valence-corrected chi connectivity index (χ2v) is 6.99. The molecule has 2 aromatic heterocycles. The first-order valence-corrected chi connectivity index (χ1v) is 9.06. The molecule has 148 valence electrons. The van der Waals surface area contributed by atoms with Gasteiger partial charge in [-0.1, -0.05) is 6.07 Å². The molecule has 8 heteroatoms. The molecule has 4 aromatic rings. The molecule has 0 fully saturated rings. The lowest BCUT2D eigenvalue weighted by molar-refractivity contribution is 0.102. The molecule has 29 heavy (non-hydrogen) atoms. The Hall–Kier alpha value is -3.52. The predicted molar refractivity (Wildman–Crippen MR) is 109 cm³/mol. The molecule has 7 nitrogen and oxygen atoms in total. The van der Waals surface area contributed by atoms with Crippen LogP contribution < -0.4 is 11.1 Å². The van der Waals surface area contributed by atoms with Crippen LogP contribution in [0.1, 0.15) is 10.4 Å². The molecule has 0 bridgehead atoms. The Labute approximate surface area is 165 Å². The van der Waals surface area contributed by atoms with Gasteiger partial charge < -0.3 is 14.6 Å². The third-order valence-electron chi connectivity index (χ3n) is 4.61. The highest BCUT2D eigenvalue weighted by atomic mass is 19.1. The van der Waals surface area contributed by atoms with Gasteiger partial charge in [0.15, 0.2) is 5.58 Å². The maximum Gasteiger partial charge on any atom is 0.419 e. The summed E-state index contributed by atoms with van der Waals surface area (Å²) in [5, 5.41) is 3.30. The van der Waals surface area contributed by atoms with Gasteiger partial charge in [0.05, 0.1) is 16.6 Å². The van der Waals surface area contributed by atoms with E-state index in [0.29, 0.717) is 40.8 Å². The summed E-state index contributed by atoms with van der Waals surface area (Å²) in [6, 6.07) is 10.8. The lowest BCUT2D eigenvalue weighted by atomic mass is 10.1. The maximum absolute atomic E-state index is 13.9. The van der Waals surface area contributed by atoms with Gasteiger partial charge in [-0.2, -0.15) is 0 Å². The number of aromatic nitrogens is 2. The number of nitrogens with one attached hydrogen (secondary N) is 1. The van der Waals surface area contributed by atoms with E-state index in [4.69, 9.17) is 4.42 Å². The minimum atomic E-state index is -0.515. The zero-order chi connectivity index (χ0) is 20.5. The van der Waals surface area contributed by atoms with Crippen LogP contribution in [0.4, 0.5) is 10.1 Å². The summed E-state index contributed by atoms with van der Waals surface area (Å²) in [7, 11) is 3.83. The molecular weight excluding hydrogens is 375 g/mol. The van der Waals surface area contributed by atoms with Crippen LogP contribution in [0.15, 0.2) is 57.9 Å². The standard InChI is InChI=1S/C21H19FN4O3/c1-25(2)8-9-26-17-12-15(5-6-18(17)29-21(26)28)24-20(27)16-11-14(22)10-13-4-3-7-23-19(13)16/h3-7,10-12H,8-9H2,1-2H3,(H,24,27). The zero-order valence-corrected chi connectivity index (χ0v) is 16.0. The average Bonchev–Trinajstić information content (AvgIpc) is 3.00. The van der Waals surface area contributed by atoms with Crippen molar-refractivity contribution < 1.29 is 13.6 Å². The number of benzene rings is 2. The Kier molecular flexibility index (Phi) is 4.85. The highest BCUT2D eigenvalue weighted by molar-refractivity contribution is 6.12. The number of anilines is 1. The van der Waals surface area contributed by atoms with E-state index in [1.165, 1.54) is 10.6 Å². The summed E-state index contributed by atoms with van der Waals surface area (Å²) in [5.41, 5.74) is 2.04. The minimum absolute atomic E-state index is 0.137. The van der Waals surface area contributed by atoms with E-state index in [2.05, 4.69) is 10.3 Å². The second kappa shape index (κ2) is 7.48. The van der Waals surface area contributed by atoms with Crippen LogP contribution in [-0.2, 0) is 6.54 Å². The van der Waals surface area contributed by atoms with Crippen LogP contribution in [0.2, 0.25) is 0 Å². The highest BCUT2D eigenvalue weighted by Gasteiger charge is 2.15. The lowest BCUT2D eigenvalue weighted by Crippen LogP contribution is -2.23. The number of halogens is 1. The van der Waals surface area contributed by atoms with E-state index in [0.717, 1.165) is 6.07 Å². The van der Waals surface area contributed by atoms with Crippen molar-refractivity contribution >= 4 is 33.6 Å². The van der Waals surface area contributed by atoms with Crippen LogP contribution in [0.3, 0.4) is 0 Å². The quantitative estimate of drug-likeness (QED) is 0.563. The monoisotopic (exact) mass is 394 g/mol. The number of likely N-dealkylation sites (N-methyl/N-ethyl adjacent to an activating group) is 1. The van der Waals surface area contributed by atoms with Gasteiger partial charge in [0.2, 0.25) is 0 Å². The maximum atomic E-state index is 13.9. The van der Waals surface area contributed by atoms with E-state index in [1.807, 2.05) is 19.0 Å². The van der Waals surface area contributed by atoms with Gasteiger partial charge in [0, 0.05) is 30.4 Å². The number of rotatable bonds is 5. The molecule has 0 atom stereocenters. The van der Waals surface area contributed by atoms with E-state index in [1.54, 1.807) is 36.5 Å². The summed E-state index contributed by atoms with van der Waals surface area (Å²) in [4.78, 5) is 31.1. The molecule has 0 unspecified atom stereocenters. The summed E-state index contributed by atoms with van der Waals surface area (Å²) in [6.07, 6.45) is 1.55. The van der Waals surface area contributed by atoms with Gasteiger partial charge in [-0.3, -0.25) is 14.3 Å². The third-order valence-corrected chi connectivity index (χ3v) is 4.61. The number of hydrogen-bond acceptors (Lipinski definition) is 5. The molecule has 1 amide bonds. The highest BCUT2D eigenvalue weighted by Crippen LogP contribution is 2.22. The molecule has 4 rings (SSSR count). The molecule has 0 saturated carbocycles. The first-order chi connectivity index (χ1) is 13.9. The van der Waals surface area contributed by atoms with Gasteiger partial charge >= 0.3 is 5.76 Å². The van der Waals surface area contributed by atoms with Crippen molar-refractivity contribution in [2.45, 2.75) is 6.54 Å². The smallest absolute Gasteiger partial charge is 0.408 e. The van der Waals surface area contributed by atoms with Crippen molar-refractivity contribution in [3.63, 3.8) is 0 Å².